The molecule has 1 aromatic rings. The normalized spacial score (nSPS) is 11.1. The first-order valence-corrected chi connectivity index (χ1v) is 5.66. The van der Waals surface area contributed by atoms with E-state index in [1.165, 1.54) is 0 Å². The Kier molecular flexibility index (Phi) is 4.38. The second kappa shape index (κ2) is 5.58. The van der Waals surface area contributed by atoms with E-state index < -0.39 is 4.92 Å². The van der Waals surface area contributed by atoms with E-state index in [-0.39, 0.29) is 23.0 Å². The maximum absolute atomic E-state index is 10.9. The molecule has 0 aliphatic rings. The van der Waals surface area contributed by atoms with Gasteiger partial charge in [0.05, 0.1) is 4.92 Å². The Morgan fingerprint density at radius 2 is 2.22 bits per heavy atom. The summed E-state index contributed by atoms with van der Waals surface area (Å²) in [6.07, 6.45) is 2.95. The Hall–Kier alpha value is -1.96. The van der Waals surface area contributed by atoms with Gasteiger partial charge in [0.2, 0.25) is 11.8 Å². The van der Waals surface area contributed by atoms with Crippen molar-refractivity contribution in [1.29, 1.82) is 0 Å². The maximum Gasteiger partial charge on any atom is 0.329 e. The van der Waals surface area contributed by atoms with Crippen molar-refractivity contribution in [2.75, 3.05) is 10.7 Å². The summed E-state index contributed by atoms with van der Waals surface area (Å²) in [5, 5.41) is 14.0. The van der Waals surface area contributed by atoms with E-state index in [4.69, 9.17) is 5.84 Å². The summed E-state index contributed by atoms with van der Waals surface area (Å²) < 4.78 is 0. The zero-order valence-electron chi connectivity index (χ0n) is 10.7. The van der Waals surface area contributed by atoms with Crippen LogP contribution in [0.1, 0.15) is 33.6 Å². The zero-order valence-corrected chi connectivity index (χ0v) is 10.7. The third-order valence-corrected chi connectivity index (χ3v) is 2.43. The van der Waals surface area contributed by atoms with Gasteiger partial charge in [-0.1, -0.05) is 13.3 Å². The Morgan fingerprint density at radius 1 is 1.56 bits per heavy atom. The number of hydrogen-bond donors (Lipinski definition) is 3. The summed E-state index contributed by atoms with van der Waals surface area (Å²) in [4.78, 5) is 18.1. The van der Waals surface area contributed by atoms with Crippen LogP contribution in [-0.2, 0) is 0 Å². The fourth-order valence-corrected chi connectivity index (χ4v) is 1.68. The molecule has 0 fully saturated rings. The van der Waals surface area contributed by atoms with Crippen LogP contribution >= 0.6 is 0 Å². The van der Waals surface area contributed by atoms with Crippen LogP contribution in [0.25, 0.3) is 0 Å². The highest BCUT2D eigenvalue weighted by Gasteiger charge is 2.24. The van der Waals surface area contributed by atoms with Crippen LogP contribution in [0.2, 0.25) is 0 Å². The van der Waals surface area contributed by atoms with Crippen LogP contribution in [0.4, 0.5) is 17.5 Å². The van der Waals surface area contributed by atoms with Crippen molar-refractivity contribution in [1.82, 2.24) is 9.97 Å². The van der Waals surface area contributed by atoms with Crippen LogP contribution in [0, 0.1) is 10.1 Å². The van der Waals surface area contributed by atoms with Gasteiger partial charge in [0, 0.05) is 5.54 Å². The average Bonchev–Trinajstić information content (AvgIpc) is 2.27. The number of nitro groups is 1. The van der Waals surface area contributed by atoms with E-state index in [2.05, 4.69) is 20.7 Å². The molecule has 0 aliphatic carbocycles. The first kappa shape index (κ1) is 14.1. The van der Waals surface area contributed by atoms with Gasteiger partial charge in [0.1, 0.15) is 6.20 Å². The molecule has 8 heteroatoms. The molecule has 4 N–H and O–H groups in total. The van der Waals surface area contributed by atoms with E-state index in [0.29, 0.717) is 0 Å². The molecule has 0 bridgehead atoms. The molecule has 0 unspecified atom stereocenters. The third-order valence-electron chi connectivity index (χ3n) is 2.43. The Morgan fingerprint density at radius 3 is 2.72 bits per heavy atom. The monoisotopic (exact) mass is 254 g/mol. The molecule has 0 aromatic carbocycles. The fraction of sp³-hybridized carbons (Fsp3) is 0.600. The topological polar surface area (TPSA) is 119 Å². The summed E-state index contributed by atoms with van der Waals surface area (Å²) in [6.45, 7) is 5.96. The van der Waals surface area contributed by atoms with Crippen molar-refractivity contribution < 1.29 is 4.92 Å². The van der Waals surface area contributed by atoms with E-state index in [0.717, 1.165) is 19.0 Å². The lowest BCUT2D eigenvalue weighted by Gasteiger charge is -2.26. The lowest BCUT2D eigenvalue weighted by atomic mass is 9.99. The number of nitrogens with one attached hydrogen (secondary N) is 2. The number of hydrogen-bond acceptors (Lipinski definition) is 7. The molecule has 0 aliphatic heterocycles. The lowest BCUT2D eigenvalue weighted by molar-refractivity contribution is -0.384. The maximum atomic E-state index is 10.9. The highest BCUT2D eigenvalue weighted by molar-refractivity contribution is 5.57. The highest BCUT2D eigenvalue weighted by atomic mass is 16.6. The lowest BCUT2D eigenvalue weighted by Crippen LogP contribution is -2.31. The number of anilines is 2. The first-order chi connectivity index (χ1) is 8.39. The molecule has 18 heavy (non-hydrogen) atoms. The van der Waals surface area contributed by atoms with Gasteiger partial charge in [-0.25, -0.2) is 10.8 Å². The molecule has 1 heterocycles. The molecule has 8 nitrogen and oxygen atoms in total. The van der Waals surface area contributed by atoms with Crippen molar-refractivity contribution in [2.45, 2.75) is 39.2 Å². The number of nitrogens with two attached hydrogens (primary N) is 1. The van der Waals surface area contributed by atoms with E-state index in [1.54, 1.807) is 0 Å². The van der Waals surface area contributed by atoms with Crippen LogP contribution < -0.4 is 16.6 Å². The molecular formula is C10H18N6O2. The average molecular weight is 254 g/mol. The summed E-state index contributed by atoms with van der Waals surface area (Å²) in [5.74, 6) is 5.50. The predicted octanol–water partition coefficient (Wildman–Crippen LogP) is 1.66. The van der Waals surface area contributed by atoms with Crippen LogP contribution in [-0.4, -0.2) is 20.4 Å². The predicted molar refractivity (Wildman–Crippen MR) is 69.1 cm³/mol. The van der Waals surface area contributed by atoms with Gasteiger partial charge in [0.15, 0.2) is 0 Å². The van der Waals surface area contributed by atoms with Crippen LogP contribution in [0.15, 0.2) is 6.20 Å². The van der Waals surface area contributed by atoms with Crippen LogP contribution in [0.5, 0.6) is 0 Å². The highest BCUT2D eigenvalue weighted by Crippen LogP contribution is 2.26. The molecule has 1 rings (SSSR count). The minimum Gasteiger partial charge on any atom is -0.359 e. The molecule has 0 amide bonds. The molecule has 0 radical (unpaired) electrons. The molecule has 1 aromatic heterocycles. The second-order valence-electron chi connectivity index (χ2n) is 4.59. The number of aromatic nitrogens is 2. The Balaban J connectivity index is 3.08. The summed E-state index contributed by atoms with van der Waals surface area (Å²) in [6, 6.07) is 0. The van der Waals surface area contributed by atoms with E-state index >= 15 is 0 Å². The molecule has 0 atom stereocenters. The number of rotatable bonds is 6. The van der Waals surface area contributed by atoms with Crippen molar-refractivity contribution in [3.8, 4) is 0 Å². The van der Waals surface area contributed by atoms with Gasteiger partial charge in [-0.05, 0) is 20.3 Å². The number of hydrazine groups is 1. The minimum absolute atomic E-state index is 0.135. The van der Waals surface area contributed by atoms with Gasteiger partial charge in [-0.2, -0.15) is 4.98 Å². The van der Waals surface area contributed by atoms with Gasteiger partial charge in [-0.15, -0.1) is 0 Å². The van der Waals surface area contributed by atoms with Crippen molar-refractivity contribution >= 4 is 17.5 Å². The van der Waals surface area contributed by atoms with E-state index in [9.17, 15) is 10.1 Å². The first-order valence-electron chi connectivity index (χ1n) is 5.66. The number of nitrogens with zero attached hydrogens (tertiary/aromatic N) is 3. The third kappa shape index (κ3) is 3.52. The van der Waals surface area contributed by atoms with Crippen molar-refractivity contribution in [3.63, 3.8) is 0 Å². The zero-order chi connectivity index (χ0) is 13.8. The summed E-state index contributed by atoms with van der Waals surface area (Å²) >= 11 is 0. The summed E-state index contributed by atoms with van der Waals surface area (Å²) in [5.41, 5.74) is 1.81. The largest absolute Gasteiger partial charge is 0.359 e. The smallest absolute Gasteiger partial charge is 0.329 e. The Labute approximate surface area is 105 Å². The van der Waals surface area contributed by atoms with Gasteiger partial charge in [0.25, 0.3) is 0 Å². The Bertz CT molecular complexity index is 434. The fourth-order valence-electron chi connectivity index (χ4n) is 1.68. The molecule has 100 valence electrons. The van der Waals surface area contributed by atoms with Crippen molar-refractivity contribution in [2.24, 2.45) is 5.84 Å². The van der Waals surface area contributed by atoms with Crippen molar-refractivity contribution in [3.05, 3.63) is 16.3 Å². The molecular weight excluding hydrogens is 236 g/mol. The standard InChI is InChI=1S/C10H18N6O2/c1-4-5-10(2,3)14-8-7(16(17)18)6-12-9(13-8)15-11/h6H,4-5,11H2,1-3H3,(H2,12,13,14,15). The minimum atomic E-state index is -0.523. The quantitative estimate of drug-likeness (QED) is 0.401. The second-order valence-corrected chi connectivity index (χ2v) is 4.59. The summed E-state index contributed by atoms with van der Waals surface area (Å²) in [7, 11) is 0. The molecule has 0 saturated heterocycles. The van der Waals surface area contributed by atoms with Gasteiger partial charge >= 0.3 is 5.69 Å². The van der Waals surface area contributed by atoms with Gasteiger partial charge < -0.3 is 5.32 Å². The van der Waals surface area contributed by atoms with Crippen LogP contribution in [0.3, 0.4) is 0 Å². The molecule has 0 spiro atoms. The molecule has 0 saturated carbocycles. The number of nitrogen functional groups attached to an aromatic ring is 1. The SMILES string of the molecule is CCCC(C)(C)Nc1nc(NN)ncc1[N+](=O)[O-]. The van der Waals surface area contributed by atoms with E-state index in [1.807, 2.05) is 20.8 Å². The van der Waals surface area contributed by atoms with Gasteiger partial charge in [-0.3, -0.25) is 15.5 Å².